The summed E-state index contributed by atoms with van der Waals surface area (Å²) in [5, 5.41) is 12.8. The average molecular weight is 477 g/mol. The Kier molecular flexibility index (Phi) is 6.54. The zero-order valence-electron chi connectivity index (χ0n) is 12.4. The van der Waals surface area contributed by atoms with Crippen LogP contribution in [0.15, 0.2) is 91.8 Å². The number of hydrogen-bond acceptors (Lipinski definition) is 3. The molecule has 0 spiro atoms. The molecule has 0 saturated carbocycles. The molecule has 0 N–H and O–H groups in total. The van der Waals surface area contributed by atoms with Crippen LogP contribution in [0.4, 0.5) is 0 Å². The predicted octanol–water partition coefficient (Wildman–Crippen LogP) is 1.62. The van der Waals surface area contributed by atoms with Gasteiger partial charge in [0.1, 0.15) is 0 Å². The van der Waals surface area contributed by atoms with E-state index in [9.17, 15) is 0 Å². The molecule has 1 radical (unpaired) electrons. The second-order valence-corrected chi connectivity index (χ2v) is 4.72. The van der Waals surface area contributed by atoms with Crippen LogP contribution in [0, 0.1) is 0 Å². The van der Waals surface area contributed by atoms with Crippen molar-refractivity contribution >= 4 is 7.12 Å². The Labute approximate surface area is 148 Å². The third kappa shape index (κ3) is 4.52. The van der Waals surface area contributed by atoms with Gasteiger partial charge in [-0.3, -0.25) is 0 Å². The quantitative estimate of drug-likeness (QED) is 0.422. The molecule has 23 heavy (non-hydrogen) atoms. The van der Waals surface area contributed by atoms with E-state index in [4.69, 9.17) is 0 Å². The third-order valence-electron chi connectivity index (χ3n) is 3.21. The van der Waals surface area contributed by atoms with Crippen LogP contribution in [-0.4, -0.2) is 36.2 Å². The number of nitrogens with zero attached hydrogens (tertiary/aromatic N) is 6. The van der Waals surface area contributed by atoms with Crippen molar-refractivity contribution in [3.8, 4) is 0 Å². The Morgan fingerprint density at radius 1 is 0.478 bits per heavy atom. The summed E-state index contributed by atoms with van der Waals surface area (Å²) in [4.78, 5) is 0. The maximum Gasteiger partial charge on any atom is 0.325 e. The number of aromatic nitrogens is 6. The molecule has 0 unspecified atom stereocenters. The van der Waals surface area contributed by atoms with Crippen molar-refractivity contribution in [1.29, 1.82) is 0 Å². The molecule has 0 aliphatic carbocycles. The summed E-state index contributed by atoms with van der Waals surface area (Å²) in [6.45, 7) is 0. The summed E-state index contributed by atoms with van der Waals surface area (Å²) in [6.07, 6.45) is 11.0. The third-order valence-corrected chi connectivity index (χ3v) is 3.21. The first kappa shape index (κ1) is 16.9. The zero-order valence-corrected chi connectivity index (χ0v) is 15.1. The Morgan fingerprint density at radius 3 is 1.00 bits per heavy atom. The second-order valence-electron chi connectivity index (χ2n) is 4.72. The molecule has 3 heterocycles. The summed E-state index contributed by atoms with van der Waals surface area (Å²) >= 11 is 0. The fourth-order valence-electron chi connectivity index (χ4n) is 2.23. The van der Waals surface area contributed by atoms with Crippen LogP contribution in [0.25, 0.3) is 0 Å². The van der Waals surface area contributed by atoms with E-state index in [1.807, 2.05) is 87.0 Å². The smallest absolute Gasteiger partial charge is 0.325 e. The summed E-state index contributed by atoms with van der Waals surface area (Å²) in [6, 6.07) is 17.7. The van der Waals surface area contributed by atoms with Gasteiger partial charge in [-0.05, 0) is 36.8 Å². The van der Waals surface area contributed by atoms with Crippen molar-refractivity contribution in [3.05, 3.63) is 91.8 Å². The molecule has 4 aromatic rings. The summed E-state index contributed by atoms with van der Waals surface area (Å²) in [5.74, 6) is 0. The van der Waals surface area contributed by atoms with Gasteiger partial charge in [0, 0.05) is 39.0 Å². The Hall–Kier alpha value is -2.42. The molecule has 117 valence electrons. The molecule has 3 aromatic heterocycles. The number of rotatable bonds is 3. The van der Waals surface area contributed by atoms with Gasteiger partial charge in [-0.15, -0.1) is 0 Å². The van der Waals surface area contributed by atoms with Gasteiger partial charge in [-0.1, -0.05) is 36.4 Å². The molecule has 1 aromatic carbocycles. The number of benzene rings is 1. The predicted molar refractivity (Wildman–Crippen MR) is 86.5 cm³/mol. The molecule has 4 rings (SSSR count). The minimum absolute atomic E-state index is 0. The first-order chi connectivity index (χ1) is 10.9. The van der Waals surface area contributed by atoms with Gasteiger partial charge in [-0.25, -0.2) is 15.3 Å². The van der Waals surface area contributed by atoms with E-state index in [0.717, 1.165) is 0 Å². The maximum atomic E-state index is 4.26. The number of hydrogen-bond donors (Lipinski definition) is 0. The van der Waals surface area contributed by atoms with Crippen LogP contribution in [0.2, 0.25) is 0 Å². The first-order valence-corrected chi connectivity index (χ1v) is 7.10. The molecule has 0 saturated heterocycles. The minimum atomic E-state index is -1.12. The van der Waals surface area contributed by atoms with Crippen molar-refractivity contribution in [2.45, 2.75) is 0 Å². The van der Waals surface area contributed by atoms with Crippen molar-refractivity contribution in [3.63, 3.8) is 0 Å². The van der Waals surface area contributed by atoms with Crippen molar-refractivity contribution in [2.24, 2.45) is 0 Å². The van der Waals surface area contributed by atoms with Gasteiger partial charge in [0.25, 0.3) is 0 Å². The van der Waals surface area contributed by atoms with E-state index < -0.39 is 7.12 Å². The molecule has 8 heteroatoms. The molecule has 0 aliphatic rings. The van der Waals surface area contributed by atoms with E-state index in [1.54, 1.807) is 18.6 Å². The second kappa shape index (κ2) is 8.88. The Morgan fingerprint density at radius 2 is 0.783 bits per heavy atom. The van der Waals surface area contributed by atoms with Crippen LogP contribution >= 0.6 is 0 Å². The van der Waals surface area contributed by atoms with Gasteiger partial charge < -0.3 is 13.8 Å². The Bertz CT molecular complexity index is 633. The van der Waals surface area contributed by atoms with Crippen LogP contribution in [-0.2, 0) is 20.4 Å². The fraction of sp³-hybridized carbons (Fsp3) is 0. The van der Waals surface area contributed by atoms with Gasteiger partial charge in [0.15, 0.2) is 0 Å². The molecule has 6 nitrogen and oxygen atoms in total. The van der Waals surface area contributed by atoms with E-state index in [0.29, 0.717) is 0 Å². The Balaban J connectivity index is 0.000000234. The molecular formula is C15H16BN6Re-. The molecule has 0 amide bonds. The van der Waals surface area contributed by atoms with Crippen molar-refractivity contribution < 1.29 is 20.4 Å². The summed E-state index contributed by atoms with van der Waals surface area (Å²) in [7, 11) is -1.12. The van der Waals surface area contributed by atoms with Crippen LogP contribution in [0.5, 0.6) is 0 Å². The summed E-state index contributed by atoms with van der Waals surface area (Å²) < 4.78 is 5.62. The molecule has 0 aliphatic heterocycles. The molecule has 0 fully saturated rings. The largest absolute Gasteiger partial charge is 0.403 e. The standard InChI is InChI=1S/C9H10BN6.C6H6.Re/c1-4-11-14(7-1)10(15-8-2-5-12-15)16-9-3-6-13-16;1-2-4-6-5-3-1;/h1-10H;1-6H;/q-1;;. The van der Waals surface area contributed by atoms with Crippen molar-refractivity contribution in [1.82, 2.24) is 29.1 Å². The monoisotopic (exact) mass is 478 g/mol. The first-order valence-electron chi connectivity index (χ1n) is 7.10. The normalized spacial score (nSPS) is 9.78. The molecular weight excluding hydrogens is 461 g/mol. The van der Waals surface area contributed by atoms with E-state index in [-0.39, 0.29) is 20.4 Å². The van der Waals surface area contributed by atoms with Gasteiger partial charge in [0.2, 0.25) is 0 Å². The van der Waals surface area contributed by atoms with Crippen LogP contribution in [0.3, 0.4) is 0 Å². The van der Waals surface area contributed by atoms with Crippen molar-refractivity contribution in [2.75, 3.05) is 0 Å². The minimum Gasteiger partial charge on any atom is -0.403 e. The van der Waals surface area contributed by atoms with Gasteiger partial charge in [0.05, 0.1) is 0 Å². The van der Waals surface area contributed by atoms with E-state index >= 15 is 0 Å². The van der Waals surface area contributed by atoms with Gasteiger partial charge >= 0.3 is 7.12 Å². The fourth-order valence-corrected chi connectivity index (χ4v) is 2.23. The SMILES string of the molecule is [Re].c1ccccc1.c1cnn([BH-](n2cccn2)n2cccn2)c1. The van der Waals surface area contributed by atoms with E-state index in [2.05, 4.69) is 15.3 Å². The van der Waals surface area contributed by atoms with Crippen LogP contribution in [0.1, 0.15) is 0 Å². The average Bonchev–Trinajstić information content (AvgIpc) is 3.35. The zero-order chi connectivity index (χ0) is 15.0. The topological polar surface area (TPSA) is 53.5 Å². The molecule has 0 bridgehead atoms. The van der Waals surface area contributed by atoms with Gasteiger partial charge in [-0.2, -0.15) is 0 Å². The molecule has 0 atom stereocenters. The maximum absolute atomic E-state index is 4.26. The summed E-state index contributed by atoms with van der Waals surface area (Å²) in [5.41, 5.74) is 0. The van der Waals surface area contributed by atoms with E-state index in [1.165, 1.54) is 0 Å². The van der Waals surface area contributed by atoms with Crippen LogP contribution < -0.4 is 0 Å².